The summed E-state index contributed by atoms with van der Waals surface area (Å²) in [5.74, 6) is 2.81. The van der Waals surface area contributed by atoms with Crippen LogP contribution in [0.5, 0.6) is 34.5 Å². The first-order chi connectivity index (χ1) is 13.5. The Hall–Kier alpha value is -3.28. The van der Waals surface area contributed by atoms with Crippen molar-refractivity contribution in [3.63, 3.8) is 0 Å². The number of rotatable bonds is 6. The molecule has 6 heteroatoms. The van der Waals surface area contributed by atoms with Crippen molar-refractivity contribution in [1.29, 1.82) is 0 Å². The molecular weight excluding hydrogens is 360 g/mol. The molecule has 0 aliphatic rings. The SMILES string of the molecule is COc1ccc(-c2c(C)cc(O)c3cc(OC)c(OC)c(OC)c23)cc1OC. The lowest BCUT2D eigenvalue weighted by atomic mass is 9.92. The molecule has 1 N–H and O–H groups in total. The van der Waals surface area contributed by atoms with Gasteiger partial charge in [-0.25, -0.2) is 0 Å². The highest BCUT2D eigenvalue weighted by Gasteiger charge is 2.23. The van der Waals surface area contributed by atoms with E-state index in [4.69, 9.17) is 23.7 Å². The maximum atomic E-state index is 10.6. The lowest BCUT2D eigenvalue weighted by Gasteiger charge is -2.20. The Morgan fingerprint density at radius 2 is 1.32 bits per heavy atom. The normalized spacial score (nSPS) is 10.6. The van der Waals surface area contributed by atoms with Crippen LogP contribution in [-0.2, 0) is 0 Å². The number of phenols is 1. The fourth-order valence-electron chi connectivity index (χ4n) is 3.52. The summed E-state index contributed by atoms with van der Waals surface area (Å²) in [6, 6.07) is 9.15. The topological polar surface area (TPSA) is 66.4 Å². The molecule has 0 saturated carbocycles. The molecule has 28 heavy (non-hydrogen) atoms. The van der Waals surface area contributed by atoms with Gasteiger partial charge in [-0.05, 0) is 47.9 Å². The predicted octanol–water partition coefficient (Wildman–Crippen LogP) is 4.56. The largest absolute Gasteiger partial charge is 0.507 e. The van der Waals surface area contributed by atoms with Crippen LogP contribution >= 0.6 is 0 Å². The zero-order chi connectivity index (χ0) is 20.4. The number of fused-ring (bicyclic) bond motifs is 1. The number of hydrogen-bond acceptors (Lipinski definition) is 6. The molecule has 0 atom stereocenters. The molecule has 0 amide bonds. The average molecular weight is 384 g/mol. The Bertz CT molecular complexity index is 1030. The van der Waals surface area contributed by atoms with Crippen LogP contribution < -0.4 is 23.7 Å². The molecule has 0 saturated heterocycles. The molecule has 0 bridgehead atoms. The van der Waals surface area contributed by atoms with Gasteiger partial charge < -0.3 is 28.8 Å². The van der Waals surface area contributed by atoms with Gasteiger partial charge in [-0.15, -0.1) is 0 Å². The van der Waals surface area contributed by atoms with Crippen LogP contribution in [0.4, 0.5) is 0 Å². The maximum absolute atomic E-state index is 10.6. The van der Waals surface area contributed by atoms with Gasteiger partial charge in [-0.3, -0.25) is 0 Å². The fraction of sp³-hybridized carbons (Fsp3) is 0.273. The Morgan fingerprint density at radius 1 is 0.679 bits per heavy atom. The van der Waals surface area contributed by atoms with Crippen molar-refractivity contribution in [2.24, 2.45) is 0 Å². The number of methoxy groups -OCH3 is 5. The van der Waals surface area contributed by atoms with E-state index < -0.39 is 0 Å². The lowest BCUT2D eigenvalue weighted by Crippen LogP contribution is -1.98. The molecule has 3 aromatic rings. The number of ether oxygens (including phenoxy) is 5. The lowest BCUT2D eigenvalue weighted by molar-refractivity contribution is 0.327. The first-order valence-electron chi connectivity index (χ1n) is 8.68. The quantitative estimate of drug-likeness (QED) is 0.672. The van der Waals surface area contributed by atoms with Crippen LogP contribution in [-0.4, -0.2) is 40.7 Å². The molecule has 3 aromatic carbocycles. The van der Waals surface area contributed by atoms with Crippen LogP contribution in [0.1, 0.15) is 5.56 Å². The van der Waals surface area contributed by atoms with Gasteiger partial charge in [0.15, 0.2) is 23.0 Å². The van der Waals surface area contributed by atoms with E-state index in [1.165, 1.54) is 0 Å². The first kappa shape index (κ1) is 19.5. The maximum Gasteiger partial charge on any atom is 0.203 e. The molecular formula is C22H24O6. The second-order valence-electron chi connectivity index (χ2n) is 6.23. The van der Waals surface area contributed by atoms with E-state index in [0.29, 0.717) is 34.1 Å². The van der Waals surface area contributed by atoms with Crippen molar-refractivity contribution >= 4 is 10.8 Å². The minimum Gasteiger partial charge on any atom is -0.507 e. The summed E-state index contributed by atoms with van der Waals surface area (Å²) in [7, 11) is 7.85. The molecule has 3 rings (SSSR count). The molecule has 0 aliphatic carbocycles. The summed E-state index contributed by atoms with van der Waals surface area (Å²) >= 11 is 0. The van der Waals surface area contributed by atoms with E-state index >= 15 is 0 Å². The van der Waals surface area contributed by atoms with E-state index in [9.17, 15) is 5.11 Å². The summed E-state index contributed by atoms with van der Waals surface area (Å²) in [6.07, 6.45) is 0. The molecule has 0 aliphatic heterocycles. The van der Waals surface area contributed by atoms with Gasteiger partial charge >= 0.3 is 0 Å². The standard InChI is InChI=1S/C22H24O6/c1-12-9-15(23)14-11-18(26-4)21(27-5)22(28-6)20(14)19(12)13-7-8-16(24-2)17(10-13)25-3/h7-11,23H,1-6H3. The molecule has 0 fully saturated rings. The van der Waals surface area contributed by atoms with E-state index in [-0.39, 0.29) is 5.75 Å². The highest BCUT2D eigenvalue weighted by Crippen LogP contribution is 2.50. The number of phenolic OH excluding ortho intramolecular Hbond substituents is 1. The van der Waals surface area contributed by atoms with E-state index in [1.807, 2.05) is 25.1 Å². The highest BCUT2D eigenvalue weighted by molar-refractivity contribution is 6.07. The zero-order valence-electron chi connectivity index (χ0n) is 16.9. The third-order valence-corrected chi connectivity index (χ3v) is 4.78. The summed E-state index contributed by atoms with van der Waals surface area (Å²) < 4.78 is 27.5. The smallest absolute Gasteiger partial charge is 0.203 e. The minimum absolute atomic E-state index is 0.135. The van der Waals surface area contributed by atoms with Crippen molar-refractivity contribution in [3.05, 3.63) is 35.9 Å². The van der Waals surface area contributed by atoms with Crippen LogP contribution in [0.15, 0.2) is 30.3 Å². The van der Waals surface area contributed by atoms with Crippen molar-refractivity contribution in [3.8, 4) is 45.6 Å². The van der Waals surface area contributed by atoms with Crippen molar-refractivity contribution in [2.45, 2.75) is 6.92 Å². The number of aryl methyl sites for hydroxylation is 1. The van der Waals surface area contributed by atoms with E-state index in [0.717, 1.165) is 22.1 Å². The third kappa shape index (κ3) is 3.01. The van der Waals surface area contributed by atoms with Crippen LogP contribution in [0.3, 0.4) is 0 Å². The molecule has 0 unspecified atom stereocenters. The number of benzene rings is 3. The monoisotopic (exact) mass is 384 g/mol. The van der Waals surface area contributed by atoms with Gasteiger partial charge in [0.1, 0.15) is 5.75 Å². The first-order valence-corrected chi connectivity index (χ1v) is 8.68. The van der Waals surface area contributed by atoms with Crippen LogP contribution in [0.25, 0.3) is 21.9 Å². The minimum atomic E-state index is 0.135. The second kappa shape index (κ2) is 7.76. The summed E-state index contributed by atoms with van der Waals surface area (Å²) in [5.41, 5.74) is 2.67. The molecule has 0 heterocycles. The Kier molecular flexibility index (Phi) is 5.40. The van der Waals surface area contributed by atoms with Gasteiger partial charge in [0, 0.05) is 10.8 Å². The summed E-state index contributed by atoms with van der Waals surface area (Å²) in [6.45, 7) is 1.93. The van der Waals surface area contributed by atoms with Gasteiger partial charge in [0.2, 0.25) is 5.75 Å². The van der Waals surface area contributed by atoms with Gasteiger partial charge in [-0.1, -0.05) is 6.07 Å². The molecule has 6 nitrogen and oxygen atoms in total. The van der Waals surface area contributed by atoms with Crippen LogP contribution in [0.2, 0.25) is 0 Å². The average Bonchev–Trinajstić information content (AvgIpc) is 2.72. The molecule has 0 spiro atoms. The second-order valence-corrected chi connectivity index (χ2v) is 6.23. The highest BCUT2D eigenvalue weighted by atomic mass is 16.5. The predicted molar refractivity (Wildman–Crippen MR) is 109 cm³/mol. The fourth-order valence-corrected chi connectivity index (χ4v) is 3.52. The van der Waals surface area contributed by atoms with Crippen molar-refractivity contribution < 1.29 is 28.8 Å². The Labute approximate surface area is 164 Å². The van der Waals surface area contributed by atoms with E-state index in [2.05, 4.69) is 0 Å². The zero-order valence-corrected chi connectivity index (χ0v) is 16.9. The van der Waals surface area contributed by atoms with Crippen molar-refractivity contribution in [1.82, 2.24) is 0 Å². The molecule has 0 aromatic heterocycles. The Balaban J connectivity index is 2.47. The van der Waals surface area contributed by atoms with Gasteiger partial charge in [0.05, 0.1) is 35.5 Å². The van der Waals surface area contributed by atoms with Gasteiger partial charge in [-0.2, -0.15) is 0 Å². The summed E-state index contributed by atoms with van der Waals surface area (Å²) in [5, 5.41) is 11.9. The van der Waals surface area contributed by atoms with E-state index in [1.54, 1.807) is 47.7 Å². The number of aromatic hydroxyl groups is 1. The number of hydrogen-bond donors (Lipinski definition) is 1. The van der Waals surface area contributed by atoms with Gasteiger partial charge in [0.25, 0.3) is 0 Å². The van der Waals surface area contributed by atoms with Crippen LogP contribution in [0, 0.1) is 6.92 Å². The molecule has 0 radical (unpaired) electrons. The summed E-state index contributed by atoms with van der Waals surface area (Å²) in [4.78, 5) is 0. The Morgan fingerprint density at radius 3 is 1.89 bits per heavy atom. The molecule has 148 valence electrons. The van der Waals surface area contributed by atoms with Crippen molar-refractivity contribution in [2.75, 3.05) is 35.5 Å². The third-order valence-electron chi connectivity index (χ3n) is 4.78.